The minimum absolute atomic E-state index is 0.301. The lowest BCUT2D eigenvalue weighted by molar-refractivity contribution is -0.134. The molecule has 0 fully saturated rings. The van der Waals surface area contributed by atoms with Gasteiger partial charge in [-0.25, -0.2) is 4.79 Å². The monoisotopic (exact) mass is 146 g/mol. The number of halogens is 1. The lowest BCUT2D eigenvalue weighted by atomic mass is 10.2. The van der Waals surface area contributed by atoms with Gasteiger partial charge in [0.1, 0.15) is 0 Å². The number of hydrogen-bond donors (Lipinski definition) is 0. The second-order valence-corrected chi connectivity index (χ2v) is 1.95. The first kappa shape index (κ1) is 9.14. The van der Waals surface area contributed by atoms with Crippen LogP contribution in [0.1, 0.15) is 13.3 Å². The summed E-state index contributed by atoms with van der Waals surface area (Å²) in [6, 6.07) is 0. The summed E-state index contributed by atoms with van der Waals surface area (Å²) < 4.78 is 15.9. The molecule has 0 bridgehead atoms. The number of rotatable bonds is 3. The highest BCUT2D eigenvalue weighted by molar-refractivity contribution is 5.82. The van der Waals surface area contributed by atoms with Crippen LogP contribution in [0.2, 0.25) is 0 Å². The summed E-state index contributed by atoms with van der Waals surface area (Å²) in [5.41, 5.74) is 0.703. The van der Waals surface area contributed by atoms with Crippen molar-refractivity contribution in [1.29, 1.82) is 0 Å². The first-order valence-electron chi connectivity index (χ1n) is 3.01. The predicted molar refractivity (Wildman–Crippen MR) is 36.4 cm³/mol. The molecule has 0 saturated heterocycles. The summed E-state index contributed by atoms with van der Waals surface area (Å²) in [7, 11) is 1.29. The standard InChI is InChI=1S/C7H11FO2/c1-6(3-4-8)5-7(9)10-2/h5H,3-4H2,1-2H3/b6-5+. The Hall–Kier alpha value is -0.860. The second kappa shape index (κ2) is 4.97. The Labute approximate surface area is 59.7 Å². The molecule has 0 atom stereocenters. The minimum Gasteiger partial charge on any atom is -0.466 e. The molecule has 3 heteroatoms. The molecule has 0 spiro atoms. The van der Waals surface area contributed by atoms with Crippen LogP contribution in [0.4, 0.5) is 4.39 Å². The van der Waals surface area contributed by atoms with E-state index >= 15 is 0 Å². The van der Waals surface area contributed by atoms with Crippen molar-refractivity contribution in [3.63, 3.8) is 0 Å². The van der Waals surface area contributed by atoms with Gasteiger partial charge in [-0.3, -0.25) is 4.39 Å². The zero-order valence-corrected chi connectivity index (χ0v) is 6.19. The summed E-state index contributed by atoms with van der Waals surface area (Å²) in [4.78, 5) is 10.5. The zero-order chi connectivity index (χ0) is 7.98. The van der Waals surface area contributed by atoms with E-state index in [-0.39, 0.29) is 0 Å². The fraction of sp³-hybridized carbons (Fsp3) is 0.571. The van der Waals surface area contributed by atoms with Crippen molar-refractivity contribution >= 4 is 5.97 Å². The molecule has 0 radical (unpaired) electrons. The summed E-state index contributed by atoms with van der Waals surface area (Å²) >= 11 is 0. The molecule has 0 aromatic rings. The molecule has 0 unspecified atom stereocenters. The van der Waals surface area contributed by atoms with Crippen LogP contribution in [-0.4, -0.2) is 19.8 Å². The van der Waals surface area contributed by atoms with Gasteiger partial charge < -0.3 is 4.74 Å². The zero-order valence-electron chi connectivity index (χ0n) is 6.19. The van der Waals surface area contributed by atoms with Crippen molar-refractivity contribution in [2.75, 3.05) is 13.8 Å². The Balaban J connectivity index is 3.77. The normalized spacial score (nSPS) is 11.3. The number of alkyl halides is 1. The molecule has 0 aliphatic carbocycles. The van der Waals surface area contributed by atoms with Gasteiger partial charge in [-0.15, -0.1) is 0 Å². The first-order valence-corrected chi connectivity index (χ1v) is 3.01. The Kier molecular flexibility index (Phi) is 4.54. The van der Waals surface area contributed by atoms with Gasteiger partial charge in [0.2, 0.25) is 0 Å². The maximum absolute atomic E-state index is 11.6. The molecule has 0 rings (SSSR count). The fourth-order valence-electron chi connectivity index (χ4n) is 0.481. The summed E-state index contributed by atoms with van der Waals surface area (Å²) in [6.45, 7) is 1.26. The highest BCUT2D eigenvalue weighted by Crippen LogP contribution is 1.99. The lowest BCUT2D eigenvalue weighted by Gasteiger charge is -1.94. The van der Waals surface area contributed by atoms with Crippen LogP contribution in [0.3, 0.4) is 0 Å². The lowest BCUT2D eigenvalue weighted by Crippen LogP contribution is -1.96. The van der Waals surface area contributed by atoms with Crippen LogP contribution in [0.25, 0.3) is 0 Å². The maximum Gasteiger partial charge on any atom is 0.330 e. The SMILES string of the molecule is COC(=O)/C=C(\C)CCF. The smallest absolute Gasteiger partial charge is 0.330 e. The molecule has 10 heavy (non-hydrogen) atoms. The second-order valence-electron chi connectivity index (χ2n) is 1.95. The number of hydrogen-bond acceptors (Lipinski definition) is 2. The quantitative estimate of drug-likeness (QED) is 0.445. The van der Waals surface area contributed by atoms with Gasteiger partial charge in [-0.2, -0.15) is 0 Å². The highest BCUT2D eigenvalue weighted by atomic mass is 19.1. The maximum atomic E-state index is 11.6. The number of carbonyl (C=O) groups excluding carboxylic acids is 1. The minimum atomic E-state index is -0.431. The number of carbonyl (C=O) groups is 1. The molecule has 0 aliphatic heterocycles. The third-order valence-electron chi connectivity index (χ3n) is 1.05. The van der Waals surface area contributed by atoms with E-state index in [0.29, 0.717) is 12.0 Å². The van der Waals surface area contributed by atoms with E-state index < -0.39 is 12.6 Å². The van der Waals surface area contributed by atoms with Crippen LogP contribution < -0.4 is 0 Å². The Morgan fingerprint density at radius 3 is 2.70 bits per heavy atom. The van der Waals surface area contributed by atoms with E-state index in [0.717, 1.165) is 0 Å². The Bertz CT molecular complexity index is 141. The molecular formula is C7H11FO2. The average molecular weight is 146 g/mol. The van der Waals surface area contributed by atoms with Gasteiger partial charge in [0.25, 0.3) is 0 Å². The van der Waals surface area contributed by atoms with Gasteiger partial charge in [0.15, 0.2) is 0 Å². The van der Waals surface area contributed by atoms with Crippen molar-refractivity contribution in [3.05, 3.63) is 11.6 Å². The average Bonchev–Trinajstić information content (AvgIpc) is 1.88. The van der Waals surface area contributed by atoms with Crippen LogP contribution in [-0.2, 0) is 9.53 Å². The molecule has 0 saturated carbocycles. The molecular weight excluding hydrogens is 135 g/mol. The van der Waals surface area contributed by atoms with E-state index in [1.807, 2.05) is 0 Å². The van der Waals surface area contributed by atoms with Crippen molar-refractivity contribution in [2.24, 2.45) is 0 Å². The number of methoxy groups -OCH3 is 1. The van der Waals surface area contributed by atoms with Gasteiger partial charge in [0.05, 0.1) is 13.8 Å². The highest BCUT2D eigenvalue weighted by Gasteiger charge is 1.94. The Morgan fingerprint density at radius 1 is 1.70 bits per heavy atom. The van der Waals surface area contributed by atoms with Gasteiger partial charge >= 0.3 is 5.97 Å². The topological polar surface area (TPSA) is 26.3 Å². The van der Waals surface area contributed by atoms with Crippen LogP contribution >= 0.6 is 0 Å². The first-order chi connectivity index (χ1) is 4.70. The Morgan fingerprint density at radius 2 is 2.30 bits per heavy atom. The van der Waals surface area contributed by atoms with Crippen molar-refractivity contribution in [3.8, 4) is 0 Å². The predicted octanol–water partition coefficient (Wildman–Crippen LogP) is 1.47. The molecule has 0 aromatic carbocycles. The summed E-state index contributed by atoms with van der Waals surface area (Å²) in [5.74, 6) is -0.425. The summed E-state index contributed by atoms with van der Waals surface area (Å²) in [5, 5.41) is 0. The largest absolute Gasteiger partial charge is 0.466 e. The van der Waals surface area contributed by atoms with E-state index in [4.69, 9.17) is 0 Å². The molecule has 2 nitrogen and oxygen atoms in total. The van der Waals surface area contributed by atoms with Crippen molar-refractivity contribution in [1.82, 2.24) is 0 Å². The van der Waals surface area contributed by atoms with E-state index in [9.17, 15) is 9.18 Å². The fourth-order valence-corrected chi connectivity index (χ4v) is 0.481. The number of allylic oxidation sites excluding steroid dienone is 1. The molecule has 0 amide bonds. The van der Waals surface area contributed by atoms with Gasteiger partial charge in [0, 0.05) is 6.08 Å². The van der Waals surface area contributed by atoms with Crippen LogP contribution in [0.15, 0.2) is 11.6 Å². The van der Waals surface area contributed by atoms with E-state index in [1.165, 1.54) is 13.2 Å². The van der Waals surface area contributed by atoms with E-state index in [1.54, 1.807) is 6.92 Å². The summed E-state index contributed by atoms with van der Waals surface area (Å²) in [6.07, 6.45) is 1.59. The van der Waals surface area contributed by atoms with Gasteiger partial charge in [-0.1, -0.05) is 5.57 Å². The molecule has 58 valence electrons. The number of esters is 1. The van der Waals surface area contributed by atoms with E-state index in [2.05, 4.69) is 4.74 Å². The third-order valence-corrected chi connectivity index (χ3v) is 1.05. The van der Waals surface area contributed by atoms with Crippen LogP contribution in [0.5, 0.6) is 0 Å². The molecule has 0 aliphatic rings. The van der Waals surface area contributed by atoms with Gasteiger partial charge in [-0.05, 0) is 13.3 Å². The molecule has 0 heterocycles. The third kappa shape index (κ3) is 4.06. The van der Waals surface area contributed by atoms with Crippen molar-refractivity contribution in [2.45, 2.75) is 13.3 Å². The van der Waals surface area contributed by atoms with Crippen molar-refractivity contribution < 1.29 is 13.9 Å². The van der Waals surface area contributed by atoms with Crippen LogP contribution in [0, 0.1) is 0 Å². The number of ether oxygens (including phenoxy) is 1. The molecule has 0 aromatic heterocycles. The molecule has 0 N–H and O–H groups in total.